The SMILES string of the molecule is c1ccc(CN2CCC3(CC(Nc4ccccn4)CO3)C2)cc1. The Kier molecular flexibility index (Phi) is 4.02. The summed E-state index contributed by atoms with van der Waals surface area (Å²) >= 11 is 0. The molecule has 1 aromatic carbocycles. The topological polar surface area (TPSA) is 37.4 Å². The van der Waals surface area contributed by atoms with Gasteiger partial charge in [0.1, 0.15) is 5.82 Å². The van der Waals surface area contributed by atoms with Gasteiger partial charge in [-0.05, 0) is 24.1 Å². The third-order valence-electron chi connectivity index (χ3n) is 4.87. The quantitative estimate of drug-likeness (QED) is 0.942. The highest BCUT2D eigenvalue weighted by Gasteiger charge is 2.45. The molecule has 120 valence electrons. The number of nitrogens with one attached hydrogen (secondary N) is 1. The number of hydrogen-bond donors (Lipinski definition) is 1. The minimum Gasteiger partial charge on any atom is -0.371 e. The first-order valence-electron chi connectivity index (χ1n) is 8.39. The average molecular weight is 309 g/mol. The molecule has 0 amide bonds. The van der Waals surface area contributed by atoms with Crippen LogP contribution in [0.4, 0.5) is 5.82 Å². The van der Waals surface area contributed by atoms with Crippen molar-refractivity contribution in [2.75, 3.05) is 25.0 Å². The summed E-state index contributed by atoms with van der Waals surface area (Å²) in [5.74, 6) is 0.942. The predicted molar refractivity (Wildman–Crippen MR) is 91.3 cm³/mol. The predicted octanol–water partition coefficient (Wildman–Crippen LogP) is 2.93. The van der Waals surface area contributed by atoms with Gasteiger partial charge in [-0.25, -0.2) is 4.98 Å². The lowest BCUT2D eigenvalue weighted by Crippen LogP contribution is -2.33. The van der Waals surface area contributed by atoms with Gasteiger partial charge in [0, 0.05) is 32.3 Å². The Morgan fingerprint density at radius 2 is 2.04 bits per heavy atom. The summed E-state index contributed by atoms with van der Waals surface area (Å²) in [4.78, 5) is 6.86. The first kappa shape index (κ1) is 14.7. The van der Waals surface area contributed by atoms with E-state index in [1.165, 1.54) is 5.56 Å². The molecule has 4 nitrogen and oxygen atoms in total. The second-order valence-electron chi connectivity index (χ2n) is 6.70. The summed E-state index contributed by atoms with van der Waals surface area (Å²) in [5.41, 5.74) is 1.41. The van der Waals surface area contributed by atoms with Gasteiger partial charge in [0.15, 0.2) is 0 Å². The van der Waals surface area contributed by atoms with Crippen LogP contribution in [0.25, 0.3) is 0 Å². The standard InChI is InChI=1S/C19H23N3O/c1-2-6-16(7-3-1)13-22-11-9-19(15-22)12-17(14-23-19)21-18-8-4-5-10-20-18/h1-8,10,17H,9,11-15H2,(H,20,21). The molecule has 0 radical (unpaired) electrons. The van der Waals surface area contributed by atoms with Gasteiger partial charge in [-0.3, -0.25) is 4.90 Å². The Hall–Kier alpha value is -1.91. The molecule has 2 atom stereocenters. The van der Waals surface area contributed by atoms with Crippen LogP contribution in [0.2, 0.25) is 0 Å². The normalized spacial score (nSPS) is 27.6. The molecule has 2 saturated heterocycles. The number of nitrogens with zero attached hydrogens (tertiary/aromatic N) is 2. The van der Waals surface area contributed by atoms with Gasteiger partial charge in [-0.15, -0.1) is 0 Å². The Balaban J connectivity index is 1.34. The molecule has 4 rings (SSSR count). The van der Waals surface area contributed by atoms with Crippen LogP contribution in [0.1, 0.15) is 18.4 Å². The highest BCUT2D eigenvalue weighted by atomic mass is 16.5. The highest BCUT2D eigenvalue weighted by molar-refractivity contribution is 5.35. The van der Waals surface area contributed by atoms with Crippen LogP contribution < -0.4 is 5.32 Å². The van der Waals surface area contributed by atoms with Gasteiger partial charge in [0.25, 0.3) is 0 Å². The van der Waals surface area contributed by atoms with E-state index >= 15 is 0 Å². The fourth-order valence-electron chi connectivity index (χ4n) is 3.78. The van der Waals surface area contributed by atoms with Crippen molar-refractivity contribution in [2.24, 2.45) is 0 Å². The summed E-state index contributed by atoms with van der Waals surface area (Å²) in [6.07, 6.45) is 4.01. The van der Waals surface area contributed by atoms with E-state index in [2.05, 4.69) is 45.5 Å². The number of anilines is 1. The molecule has 1 N–H and O–H groups in total. The molecule has 1 aromatic heterocycles. The van der Waals surface area contributed by atoms with Crippen molar-refractivity contribution in [3.8, 4) is 0 Å². The van der Waals surface area contributed by atoms with Crippen molar-refractivity contribution in [3.05, 3.63) is 60.3 Å². The van der Waals surface area contributed by atoms with E-state index in [4.69, 9.17) is 4.74 Å². The molecule has 1 spiro atoms. The zero-order chi connectivity index (χ0) is 15.5. The molecule has 0 bridgehead atoms. The van der Waals surface area contributed by atoms with Crippen molar-refractivity contribution in [1.82, 2.24) is 9.88 Å². The Labute approximate surface area is 137 Å². The number of rotatable bonds is 4. The first-order valence-corrected chi connectivity index (χ1v) is 8.39. The van der Waals surface area contributed by atoms with Gasteiger partial charge >= 0.3 is 0 Å². The van der Waals surface area contributed by atoms with E-state index in [1.54, 1.807) is 0 Å². The summed E-state index contributed by atoms with van der Waals surface area (Å²) in [5, 5.41) is 3.50. The zero-order valence-corrected chi connectivity index (χ0v) is 13.3. The number of likely N-dealkylation sites (tertiary alicyclic amines) is 1. The Bertz CT molecular complexity index is 574. The molecule has 2 aliphatic rings. The Morgan fingerprint density at radius 1 is 1.17 bits per heavy atom. The zero-order valence-electron chi connectivity index (χ0n) is 13.3. The van der Waals surface area contributed by atoms with E-state index < -0.39 is 0 Å². The van der Waals surface area contributed by atoms with Crippen molar-refractivity contribution in [2.45, 2.75) is 31.0 Å². The maximum absolute atomic E-state index is 6.22. The van der Waals surface area contributed by atoms with Gasteiger partial charge < -0.3 is 10.1 Å². The lowest BCUT2D eigenvalue weighted by Gasteiger charge is -2.23. The summed E-state index contributed by atoms with van der Waals surface area (Å²) < 4.78 is 6.22. The van der Waals surface area contributed by atoms with Gasteiger partial charge in [-0.1, -0.05) is 36.4 Å². The van der Waals surface area contributed by atoms with Crippen molar-refractivity contribution >= 4 is 5.82 Å². The molecule has 23 heavy (non-hydrogen) atoms. The maximum atomic E-state index is 6.22. The summed E-state index contributed by atoms with van der Waals surface area (Å²) in [6, 6.07) is 17.0. The fraction of sp³-hybridized carbons (Fsp3) is 0.421. The lowest BCUT2D eigenvalue weighted by atomic mass is 9.97. The number of hydrogen-bond acceptors (Lipinski definition) is 4. The third-order valence-corrected chi connectivity index (χ3v) is 4.87. The lowest BCUT2D eigenvalue weighted by molar-refractivity contribution is 0.0120. The molecular formula is C19H23N3O. The number of pyridine rings is 1. The van der Waals surface area contributed by atoms with Crippen LogP contribution in [0, 0.1) is 0 Å². The van der Waals surface area contributed by atoms with E-state index in [-0.39, 0.29) is 5.60 Å². The van der Waals surface area contributed by atoms with E-state index in [0.29, 0.717) is 6.04 Å². The minimum atomic E-state index is 0.0290. The van der Waals surface area contributed by atoms with E-state index in [1.807, 2.05) is 24.4 Å². The van der Waals surface area contributed by atoms with Crippen LogP contribution in [0.15, 0.2) is 54.7 Å². The van der Waals surface area contributed by atoms with E-state index in [9.17, 15) is 0 Å². The second kappa shape index (κ2) is 6.30. The van der Waals surface area contributed by atoms with E-state index in [0.717, 1.165) is 44.9 Å². The number of ether oxygens (including phenoxy) is 1. The van der Waals surface area contributed by atoms with Crippen LogP contribution in [0.5, 0.6) is 0 Å². The molecule has 4 heteroatoms. The third kappa shape index (κ3) is 3.38. The summed E-state index contributed by atoms with van der Waals surface area (Å²) in [7, 11) is 0. The molecule has 2 aromatic rings. The van der Waals surface area contributed by atoms with Crippen LogP contribution in [-0.2, 0) is 11.3 Å². The molecule has 2 unspecified atom stereocenters. The van der Waals surface area contributed by atoms with Crippen molar-refractivity contribution in [1.29, 1.82) is 0 Å². The summed E-state index contributed by atoms with van der Waals surface area (Å²) in [6.45, 7) is 3.94. The van der Waals surface area contributed by atoms with Crippen LogP contribution in [0.3, 0.4) is 0 Å². The molecule has 0 saturated carbocycles. The average Bonchev–Trinajstić information content (AvgIpc) is 3.16. The smallest absolute Gasteiger partial charge is 0.126 e. The molecule has 3 heterocycles. The minimum absolute atomic E-state index is 0.0290. The van der Waals surface area contributed by atoms with Gasteiger partial charge in [-0.2, -0.15) is 0 Å². The first-order chi connectivity index (χ1) is 11.3. The number of benzene rings is 1. The highest BCUT2D eigenvalue weighted by Crippen LogP contribution is 2.36. The Morgan fingerprint density at radius 3 is 2.87 bits per heavy atom. The van der Waals surface area contributed by atoms with Crippen LogP contribution >= 0.6 is 0 Å². The van der Waals surface area contributed by atoms with Crippen molar-refractivity contribution in [3.63, 3.8) is 0 Å². The largest absolute Gasteiger partial charge is 0.371 e. The monoisotopic (exact) mass is 309 g/mol. The molecular weight excluding hydrogens is 286 g/mol. The molecule has 2 aliphatic heterocycles. The fourth-order valence-corrected chi connectivity index (χ4v) is 3.78. The van der Waals surface area contributed by atoms with Gasteiger partial charge in [0.05, 0.1) is 18.2 Å². The van der Waals surface area contributed by atoms with Crippen molar-refractivity contribution < 1.29 is 4.74 Å². The second-order valence-corrected chi connectivity index (χ2v) is 6.70. The molecule has 0 aliphatic carbocycles. The van der Waals surface area contributed by atoms with Crippen LogP contribution in [-0.4, -0.2) is 41.2 Å². The van der Waals surface area contributed by atoms with Gasteiger partial charge in [0.2, 0.25) is 0 Å². The number of aromatic nitrogens is 1. The molecule has 2 fully saturated rings. The maximum Gasteiger partial charge on any atom is 0.126 e.